The number of carbonyl (C=O) groups excluding carboxylic acids is 1. The smallest absolute Gasteiger partial charge is 0.241 e. The molecule has 0 spiro atoms. The molecule has 100 valence electrons. The minimum Gasteiger partial charge on any atom is -0.320 e. The molecule has 2 unspecified atom stereocenters. The minimum absolute atomic E-state index is 0.000787. The normalized spacial score (nSPS) is 24.2. The molecule has 1 aliphatic rings. The van der Waals surface area contributed by atoms with E-state index in [1.165, 1.54) is 4.88 Å². The van der Waals surface area contributed by atoms with Gasteiger partial charge >= 0.3 is 0 Å². The number of nitrogens with zero attached hydrogens (tertiary/aromatic N) is 1. The predicted molar refractivity (Wildman–Crippen MR) is 75.4 cm³/mol. The Bertz CT molecular complexity index is 389. The maximum atomic E-state index is 12.4. The van der Waals surface area contributed by atoms with E-state index >= 15 is 0 Å². The number of hydrogen-bond donors (Lipinski definition) is 1. The van der Waals surface area contributed by atoms with E-state index in [0.717, 1.165) is 19.4 Å². The van der Waals surface area contributed by atoms with E-state index in [0.29, 0.717) is 5.92 Å². The third kappa shape index (κ3) is 2.75. The molecule has 1 aromatic rings. The van der Waals surface area contributed by atoms with Crippen LogP contribution in [0, 0.1) is 5.92 Å². The van der Waals surface area contributed by atoms with Crippen LogP contribution in [0.4, 0.5) is 0 Å². The molecule has 0 saturated carbocycles. The van der Waals surface area contributed by atoms with E-state index in [9.17, 15) is 4.79 Å². The first-order valence-corrected chi connectivity index (χ1v) is 7.61. The third-order valence-corrected chi connectivity index (χ3v) is 4.13. The van der Waals surface area contributed by atoms with Crippen molar-refractivity contribution >= 4 is 17.2 Å². The monoisotopic (exact) mass is 266 g/mol. The van der Waals surface area contributed by atoms with E-state index in [1.807, 2.05) is 11.0 Å². The van der Waals surface area contributed by atoms with Crippen molar-refractivity contribution in [2.24, 2.45) is 5.92 Å². The van der Waals surface area contributed by atoms with Gasteiger partial charge in [0.05, 0.1) is 6.04 Å². The van der Waals surface area contributed by atoms with Crippen molar-refractivity contribution in [2.45, 2.75) is 45.8 Å². The maximum Gasteiger partial charge on any atom is 0.241 e. The average Bonchev–Trinajstić information content (AvgIpc) is 2.92. The van der Waals surface area contributed by atoms with Crippen LogP contribution in [0.3, 0.4) is 0 Å². The van der Waals surface area contributed by atoms with Crippen molar-refractivity contribution in [2.75, 3.05) is 6.54 Å². The first-order chi connectivity index (χ1) is 8.63. The number of nitrogens with one attached hydrogen (secondary N) is 1. The fourth-order valence-electron chi connectivity index (χ4n) is 2.45. The first-order valence-electron chi connectivity index (χ1n) is 6.73. The molecule has 2 rings (SSSR count). The molecule has 1 amide bonds. The van der Waals surface area contributed by atoms with Crippen LogP contribution in [0.15, 0.2) is 17.5 Å². The highest BCUT2D eigenvalue weighted by molar-refractivity contribution is 7.10. The van der Waals surface area contributed by atoms with Crippen LogP contribution in [-0.4, -0.2) is 23.4 Å². The van der Waals surface area contributed by atoms with Crippen molar-refractivity contribution in [1.29, 1.82) is 0 Å². The molecular formula is C14H22N2OS. The Morgan fingerprint density at radius 2 is 2.28 bits per heavy atom. The highest BCUT2D eigenvalue weighted by Gasteiger charge is 2.39. The van der Waals surface area contributed by atoms with Gasteiger partial charge in [-0.1, -0.05) is 33.3 Å². The Labute approximate surface area is 113 Å². The van der Waals surface area contributed by atoms with E-state index in [2.05, 4.69) is 37.5 Å². The Hall–Kier alpha value is -0.870. The second kappa shape index (κ2) is 5.85. The molecule has 3 nitrogen and oxygen atoms in total. The molecule has 2 atom stereocenters. The molecule has 1 fully saturated rings. The maximum absolute atomic E-state index is 12.4. The van der Waals surface area contributed by atoms with Crippen LogP contribution in [0.25, 0.3) is 0 Å². The lowest BCUT2D eigenvalue weighted by Gasteiger charge is -2.25. The van der Waals surface area contributed by atoms with Gasteiger partial charge in [0, 0.05) is 11.4 Å². The molecule has 0 bridgehead atoms. The van der Waals surface area contributed by atoms with Crippen molar-refractivity contribution in [3.8, 4) is 0 Å². The fourth-order valence-corrected chi connectivity index (χ4v) is 3.24. The number of amides is 1. The van der Waals surface area contributed by atoms with E-state index < -0.39 is 0 Å². The zero-order valence-electron chi connectivity index (χ0n) is 11.3. The zero-order chi connectivity index (χ0) is 13.1. The molecule has 1 saturated heterocycles. The standard InChI is InChI=1S/C14H22N2OS/c1-4-6-11-14(17)16(9-10(2)3)13(15-11)12-7-5-8-18-12/h5,7-8,10-11,13,15H,4,6,9H2,1-3H3. The van der Waals surface area contributed by atoms with Gasteiger partial charge in [0.1, 0.15) is 6.17 Å². The summed E-state index contributed by atoms with van der Waals surface area (Å²) in [4.78, 5) is 15.7. The summed E-state index contributed by atoms with van der Waals surface area (Å²) in [6.45, 7) is 7.27. The lowest BCUT2D eigenvalue weighted by atomic mass is 10.1. The average molecular weight is 266 g/mol. The Balaban J connectivity index is 2.18. The number of thiophene rings is 1. The van der Waals surface area contributed by atoms with Crippen molar-refractivity contribution in [3.05, 3.63) is 22.4 Å². The minimum atomic E-state index is 0.000787. The van der Waals surface area contributed by atoms with Gasteiger partial charge in [0.25, 0.3) is 0 Å². The summed E-state index contributed by atoms with van der Waals surface area (Å²) in [5.74, 6) is 0.766. The molecule has 18 heavy (non-hydrogen) atoms. The van der Waals surface area contributed by atoms with Gasteiger partial charge in [0.15, 0.2) is 0 Å². The second-order valence-electron chi connectivity index (χ2n) is 5.31. The summed E-state index contributed by atoms with van der Waals surface area (Å²) in [6, 6.07) is 4.16. The zero-order valence-corrected chi connectivity index (χ0v) is 12.2. The quantitative estimate of drug-likeness (QED) is 0.888. The van der Waals surface area contributed by atoms with Gasteiger partial charge in [-0.15, -0.1) is 11.3 Å². The Morgan fingerprint density at radius 3 is 2.83 bits per heavy atom. The molecule has 0 aliphatic carbocycles. The summed E-state index contributed by atoms with van der Waals surface area (Å²) in [6.07, 6.45) is 2.04. The third-order valence-electron chi connectivity index (χ3n) is 3.20. The molecule has 0 aromatic carbocycles. The van der Waals surface area contributed by atoms with Gasteiger partial charge in [-0.3, -0.25) is 10.1 Å². The van der Waals surface area contributed by atoms with Crippen LogP contribution in [0.2, 0.25) is 0 Å². The van der Waals surface area contributed by atoms with Gasteiger partial charge < -0.3 is 4.90 Å². The molecule has 1 N–H and O–H groups in total. The summed E-state index contributed by atoms with van der Waals surface area (Å²) < 4.78 is 0. The highest BCUT2D eigenvalue weighted by Crippen LogP contribution is 2.30. The number of carbonyl (C=O) groups is 1. The van der Waals surface area contributed by atoms with Gasteiger partial charge in [-0.05, 0) is 23.8 Å². The first kappa shape index (κ1) is 13.6. The SMILES string of the molecule is CCCC1NC(c2cccs2)N(CC(C)C)C1=O. The summed E-state index contributed by atoms with van der Waals surface area (Å²) in [5, 5.41) is 5.56. The predicted octanol–water partition coefficient (Wildman–Crippen LogP) is 3.00. The van der Waals surface area contributed by atoms with Crippen molar-refractivity contribution < 1.29 is 4.79 Å². The van der Waals surface area contributed by atoms with E-state index in [4.69, 9.17) is 0 Å². The largest absolute Gasteiger partial charge is 0.320 e. The van der Waals surface area contributed by atoms with Crippen LogP contribution in [-0.2, 0) is 4.79 Å². The van der Waals surface area contributed by atoms with E-state index in [1.54, 1.807) is 11.3 Å². The molecule has 4 heteroatoms. The van der Waals surface area contributed by atoms with Crippen molar-refractivity contribution in [1.82, 2.24) is 10.2 Å². The number of rotatable bonds is 5. The second-order valence-corrected chi connectivity index (χ2v) is 6.29. The summed E-state index contributed by atoms with van der Waals surface area (Å²) in [5.41, 5.74) is 0. The van der Waals surface area contributed by atoms with Crippen LogP contribution in [0.1, 0.15) is 44.7 Å². The molecule has 1 aliphatic heterocycles. The Morgan fingerprint density at radius 1 is 1.50 bits per heavy atom. The van der Waals surface area contributed by atoms with Gasteiger partial charge in [-0.25, -0.2) is 0 Å². The summed E-state index contributed by atoms with van der Waals surface area (Å²) in [7, 11) is 0. The molecule has 1 aromatic heterocycles. The van der Waals surface area contributed by atoms with Gasteiger partial charge in [0.2, 0.25) is 5.91 Å². The van der Waals surface area contributed by atoms with Crippen LogP contribution >= 0.6 is 11.3 Å². The Kier molecular flexibility index (Phi) is 4.40. The topological polar surface area (TPSA) is 32.3 Å². The lowest BCUT2D eigenvalue weighted by Crippen LogP contribution is -2.33. The fraction of sp³-hybridized carbons (Fsp3) is 0.643. The van der Waals surface area contributed by atoms with Crippen molar-refractivity contribution in [3.63, 3.8) is 0 Å². The lowest BCUT2D eigenvalue weighted by molar-refractivity contribution is -0.130. The van der Waals surface area contributed by atoms with Crippen LogP contribution < -0.4 is 5.32 Å². The molecule has 0 radical (unpaired) electrons. The number of hydrogen-bond acceptors (Lipinski definition) is 3. The van der Waals surface area contributed by atoms with Crippen LogP contribution in [0.5, 0.6) is 0 Å². The van der Waals surface area contributed by atoms with Gasteiger partial charge in [-0.2, -0.15) is 0 Å². The molecular weight excluding hydrogens is 244 g/mol. The van der Waals surface area contributed by atoms with E-state index in [-0.39, 0.29) is 18.1 Å². The summed E-state index contributed by atoms with van der Waals surface area (Å²) >= 11 is 1.72. The molecule has 2 heterocycles. The highest BCUT2D eigenvalue weighted by atomic mass is 32.1.